The molecule has 3 heteroatoms. The Morgan fingerprint density at radius 3 is 2.67 bits per heavy atom. The average molecular weight is 130 g/mol. The molecule has 1 rings (SSSR count). The van der Waals surface area contributed by atoms with E-state index in [9.17, 15) is 0 Å². The number of hydrogen-bond acceptors (Lipinski definition) is 3. The molecular formula is C6H10O3. The van der Waals surface area contributed by atoms with E-state index in [2.05, 4.69) is 6.58 Å². The lowest BCUT2D eigenvalue weighted by atomic mass is 10.1. The summed E-state index contributed by atoms with van der Waals surface area (Å²) in [6.07, 6.45) is -0.929. The third kappa shape index (κ3) is 1.13. The van der Waals surface area contributed by atoms with Crippen molar-refractivity contribution in [3.8, 4) is 0 Å². The molecule has 9 heavy (non-hydrogen) atoms. The lowest BCUT2D eigenvalue weighted by Crippen LogP contribution is -2.14. The second-order valence-corrected chi connectivity index (χ2v) is 2.10. The Morgan fingerprint density at radius 1 is 1.78 bits per heavy atom. The molecule has 0 saturated carbocycles. The summed E-state index contributed by atoms with van der Waals surface area (Å²) in [5, 5.41) is 17.5. The summed E-state index contributed by atoms with van der Waals surface area (Å²) in [5.41, 5.74) is 0.581. The maximum atomic E-state index is 8.96. The summed E-state index contributed by atoms with van der Waals surface area (Å²) in [7, 11) is 0. The zero-order chi connectivity index (χ0) is 6.85. The maximum absolute atomic E-state index is 8.96. The quantitative estimate of drug-likeness (QED) is 0.461. The monoisotopic (exact) mass is 130 g/mol. The van der Waals surface area contributed by atoms with Crippen LogP contribution in [-0.4, -0.2) is 35.6 Å². The van der Waals surface area contributed by atoms with Gasteiger partial charge in [0.15, 0.2) is 0 Å². The minimum Gasteiger partial charge on any atom is -0.393 e. The molecule has 0 bridgehead atoms. The summed E-state index contributed by atoms with van der Waals surface area (Å²) in [6.45, 7) is 3.73. The van der Waals surface area contributed by atoms with Crippen LogP contribution in [0.15, 0.2) is 12.2 Å². The zero-order valence-electron chi connectivity index (χ0n) is 5.08. The van der Waals surface area contributed by atoms with E-state index >= 15 is 0 Å². The molecule has 2 N–H and O–H groups in total. The molecule has 1 aliphatic heterocycles. The van der Waals surface area contributed by atoms with Crippen LogP contribution in [0.5, 0.6) is 0 Å². The van der Waals surface area contributed by atoms with Crippen LogP contribution in [0.25, 0.3) is 0 Å². The predicted octanol–water partition coefficient (Wildman–Crippen LogP) is -0.705. The fraction of sp³-hybridized carbons (Fsp3) is 0.667. The van der Waals surface area contributed by atoms with Crippen LogP contribution >= 0.6 is 0 Å². The van der Waals surface area contributed by atoms with Crippen molar-refractivity contribution in [1.82, 2.24) is 0 Å². The van der Waals surface area contributed by atoms with Crippen molar-refractivity contribution in [2.45, 2.75) is 12.2 Å². The van der Waals surface area contributed by atoms with Gasteiger partial charge >= 0.3 is 0 Å². The van der Waals surface area contributed by atoms with Gasteiger partial charge in [-0.2, -0.15) is 0 Å². The summed E-state index contributed by atoms with van der Waals surface area (Å²) in [5.74, 6) is 0. The van der Waals surface area contributed by atoms with E-state index < -0.39 is 6.10 Å². The van der Waals surface area contributed by atoms with Crippen molar-refractivity contribution in [2.24, 2.45) is 0 Å². The molecule has 0 spiro atoms. The van der Waals surface area contributed by atoms with Crippen LogP contribution in [0.2, 0.25) is 0 Å². The van der Waals surface area contributed by atoms with Gasteiger partial charge in [-0.1, -0.05) is 6.58 Å². The molecule has 0 aromatic carbocycles. The highest BCUT2D eigenvalue weighted by molar-refractivity contribution is 5.12. The van der Waals surface area contributed by atoms with Gasteiger partial charge in [-0.05, 0) is 5.57 Å². The van der Waals surface area contributed by atoms with Gasteiger partial charge in [0.2, 0.25) is 0 Å². The molecule has 2 atom stereocenters. The van der Waals surface area contributed by atoms with E-state index in [1.54, 1.807) is 0 Å². The van der Waals surface area contributed by atoms with E-state index in [0.29, 0.717) is 5.57 Å². The molecule has 3 nitrogen and oxygen atoms in total. The Balaban J connectivity index is 2.51. The van der Waals surface area contributed by atoms with E-state index in [1.807, 2.05) is 0 Å². The second-order valence-electron chi connectivity index (χ2n) is 2.10. The third-order valence-corrected chi connectivity index (χ3v) is 1.46. The Kier molecular flexibility index (Phi) is 1.85. The SMILES string of the molecule is C=C1[C@H](O)CO[C@H]1CO. The van der Waals surface area contributed by atoms with Gasteiger partial charge in [-0.3, -0.25) is 0 Å². The van der Waals surface area contributed by atoms with E-state index in [-0.39, 0.29) is 19.3 Å². The lowest BCUT2D eigenvalue weighted by Gasteiger charge is -2.04. The molecule has 0 aliphatic carbocycles. The number of aliphatic hydroxyl groups is 2. The fourth-order valence-electron chi connectivity index (χ4n) is 0.806. The first-order chi connectivity index (χ1) is 4.25. The molecule has 0 amide bonds. The second kappa shape index (κ2) is 2.47. The largest absolute Gasteiger partial charge is 0.393 e. The summed E-state index contributed by atoms with van der Waals surface area (Å²) in [6, 6.07) is 0. The molecule has 0 unspecified atom stereocenters. The van der Waals surface area contributed by atoms with E-state index in [1.165, 1.54) is 0 Å². The van der Waals surface area contributed by atoms with Crippen LogP contribution in [0.3, 0.4) is 0 Å². The molecule has 1 heterocycles. The first-order valence-corrected chi connectivity index (χ1v) is 2.85. The topological polar surface area (TPSA) is 49.7 Å². The van der Waals surface area contributed by atoms with E-state index in [0.717, 1.165) is 0 Å². The summed E-state index contributed by atoms with van der Waals surface area (Å²) >= 11 is 0. The van der Waals surface area contributed by atoms with Gasteiger partial charge in [-0.25, -0.2) is 0 Å². The smallest absolute Gasteiger partial charge is 0.104 e. The molecule has 0 radical (unpaired) electrons. The molecule has 0 aromatic heterocycles. The molecule has 1 fully saturated rings. The van der Waals surface area contributed by atoms with Gasteiger partial charge in [0.05, 0.1) is 13.2 Å². The van der Waals surface area contributed by atoms with E-state index in [4.69, 9.17) is 14.9 Å². The van der Waals surface area contributed by atoms with Crippen LogP contribution in [0.4, 0.5) is 0 Å². The standard InChI is InChI=1S/C6H10O3/c1-4-5(8)3-9-6(4)2-7/h5-8H,1-3H2/t5-,6+/m1/s1. The summed E-state index contributed by atoms with van der Waals surface area (Å²) in [4.78, 5) is 0. The van der Waals surface area contributed by atoms with Crippen molar-refractivity contribution in [3.63, 3.8) is 0 Å². The molecule has 52 valence electrons. The fourth-order valence-corrected chi connectivity index (χ4v) is 0.806. The molecule has 1 saturated heterocycles. The van der Waals surface area contributed by atoms with Crippen molar-refractivity contribution < 1.29 is 14.9 Å². The summed E-state index contributed by atoms with van der Waals surface area (Å²) < 4.78 is 4.93. The van der Waals surface area contributed by atoms with Crippen molar-refractivity contribution in [3.05, 3.63) is 12.2 Å². The highest BCUT2D eigenvalue weighted by atomic mass is 16.5. The molecule has 0 aromatic rings. The van der Waals surface area contributed by atoms with Crippen LogP contribution in [0, 0.1) is 0 Å². The van der Waals surface area contributed by atoms with Crippen LogP contribution < -0.4 is 0 Å². The van der Waals surface area contributed by atoms with Crippen molar-refractivity contribution in [2.75, 3.05) is 13.2 Å². The van der Waals surface area contributed by atoms with Crippen molar-refractivity contribution in [1.29, 1.82) is 0 Å². The Bertz CT molecular complexity index is 121. The highest BCUT2D eigenvalue weighted by Crippen LogP contribution is 2.17. The first-order valence-electron chi connectivity index (χ1n) is 2.85. The zero-order valence-corrected chi connectivity index (χ0v) is 5.08. The molecule has 1 aliphatic rings. The predicted molar refractivity (Wildman–Crippen MR) is 32.0 cm³/mol. The van der Waals surface area contributed by atoms with Gasteiger partial charge in [0.1, 0.15) is 12.2 Å². The minimum atomic E-state index is -0.581. The number of aliphatic hydroxyl groups excluding tert-OH is 2. The third-order valence-electron chi connectivity index (χ3n) is 1.46. The maximum Gasteiger partial charge on any atom is 0.104 e. The highest BCUT2D eigenvalue weighted by Gasteiger charge is 2.26. The number of ether oxygens (including phenoxy) is 1. The van der Waals surface area contributed by atoms with Crippen LogP contribution in [-0.2, 0) is 4.74 Å². The van der Waals surface area contributed by atoms with Gasteiger partial charge in [0.25, 0.3) is 0 Å². The Hall–Kier alpha value is -0.380. The number of hydrogen-bond donors (Lipinski definition) is 2. The Morgan fingerprint density at radius 2 is 2.44 bits per heavy atom. The average Bonchev–Trinajstić information content (AvgIpc) is 2.15. The lowest BCUT2D eigenvalue weighted by molar-refractivity contribution is 0.0563. The van der Waals surface area contributed by atoms with Crippen LogP contribution in [0.1, 0.15) is 0 Å². The van der Waals surface area contributed by atoms with Gasteiger partial charge < -0.3 is 14.9 Å². The van der Waals surface area contributed by atoms with Crippen molar-refractivity contribution >= 4 is 0 Å². The normalized spacial score (nSPS) is 35.6. The Labute approximate surface area is 53.6 Å². The first kappa shape index (κ1) is 6.74. The van der Waals surface area contributed by atoms with Gasteiger partial charge in [-0.15, -0.1) is 0 Å². The molecular weight excluding hydrogens is 120 g/mol. The number of rotatable bonds is 1. The minimum absolute atomic E-state index is 0.0874. The van der Waals surface area contributed by atoms with Gasteiger partial charge in [0, 0.05) is 0 Å².